The third kappa shape index (κ3) is 3.36. The zero-order valence-electron chi connectivity index (χ0n) is 11.2. The summed E-state index contributed by atoms with van der Waals surface area (Å²) in [5, 5.41) is 3.84. The molecule has 0 saturated heterocycles. The number of nitrogens with zero attached hydrogens (tertiary/aromatic N) is 2. The van der Waals surface area contributed by atoms with E-state index in [4.69, 9.17) is 9.15 Å². The Morgan fingerprint density at radius 3 is 2.45 bits per heavy atom. The van der Waals surface area contributed by atoms with E-state index in [0.29, 0.717) is 10.2 Å². The molecule has 1 heterocycles. The lowest BCUT2D eigenvalue weighted by Gasteiger charge is -2.17. The van der Waals surface area contributed by atoms with Crippen LogP contribution in [0.25, 0.3) is 11.5 Å². The summed E-state index contributed by atoms with van der Waals surface area (Å²) in [6.07, 6.45) is -0.866. The van der Waals surface area contributed by atoms with Crippen LogP contribution in [0.5, 0.6) is 0 Å². The summed E-state index contributed by atoms with van der Waals surface area (Å²) in [6, 6.07) is 6.99. The molecule has 0 fully saturated rings. The molecule has 1 aromatic carbocycles. The van der Waals surface area contributed by atoms with Crippen molar-refractivity contribution < 1.29 is 13.9 Å². The van der Waals surface area contributed by atoms with Gasteiger partial charge in [0.15, 0.2) is 0 Å². The molecule has 2 aromatic rings. The smallest absolute Gasteiger partial charge is 0.442 e. The molecule has 0 bridgehead atoms. The summed E-state index contributed by atoms with van der Waals surface area (Å²) < 4.78 is 11.5. The lowest BCUT2D eigenvalue weighted by Crippen LogP contribution is -2.32. The maximum Gasteiger partial charge on any atom is 0.447 e. The molecule has 0 amide bonds. The van der Waals surface area contributed by atoms with Gasteiger partial charge in [-0.15, -0.1) is 5.10 Å². The lowest BCUT2D eigenvalue weighted by atomic mass is 10.2. The summed E-state index contributed by atoms with van der Waals surface area (Å²) in [5.74, 6) is -0.814. The number of halogens is 1. The van der Waals surface area contributed by atoms with E-state index in [1.165, 1.54) is 0 Å². The fourth-order valence-electron chi connectivity index (χ4n) is 1.41. The minimum atomic E-state index is -0.878. The first-order chi connectivity index (χ1) is 9.26. The van der Waals surface area contributed by atoms with Gasteiger partial charge in [0, 0.05) is 10.0 Å². The number of aromatic nitrogens is 2. The highest BCUT2D eigenvalue weighted by Crippen LogP contribution is 2.19. The fraction of sp³-hybridized carbons (Fsp3) is 0.308. The summed E-state index contributed by atoms with van der Waals surface area (Å²) >= 11 is 3.30. The number of hydrogen-bond acceptors (Lipinski definition) is 5. The molecule has 0 spiro atoms. The predicted molar refractivity (Wildman–Crippen MR) is 75.5 cm³/mol. The molecule has 1 aromatic heterocycles. The lowest BCUT2D eigenvalue weighted by molar-refractivity contribution is 0.0503. The van der Waals surface area contributed by atoms with Crippen molar-refractivity contribution in [2.24, 2.45) is 0 Å². The second-order valence-corrected chi connectivity index (χ2v) is 5.99. The van der Waals surface area contributed by atoms with Crippen molar-refractivity contribution in [2.75, 3.05) is 0 Å². The molecule has 2 rings (SSSR count). The van der Waals surface area contributed by atoms with Crippen molar-refractivity contribution >= 4 is 22.0 Å². The zero-order valence-corrected chi connectivity index (χ0v) is 12.8. The zero-order chi connectivity index (χ0) is 14.9. The standard InChI is InChI=1S/C13H13BrN2O4/c1-13(2,3)20-12(18)16-11(17)19-10(15-16)8-4-6-9(14)7-5-8/h4-7H,1-3H3. The molecule has 7 heteroatoms. The van der Waals surface area contributed by atoms with Crippen molar-refractivity contribution in [3.8, 4) is 11.5 Å². The summed E-state index contributed by atoms with van der Waals surface area (Å²) in [6.45, 7) is 5.10. The SMILES string of the molecule is CC(C)(C)OC(=O)n1nc(-c2ccc(Br)cc2)oc1=O. The highest BCUT2D eigenvalue weighted by molar-refractivity contribution is 9.10. The van der Waals surface area contributed by atoms with Crippen LogP contribution in [0.15, 0.2) is 37.9 Å². The van der Waals surface area contributed by atoms with Crippen LogP contribution in [-0.2, 0) is 4.74 Å². The quantitative estimate of drug-likeness (QED) is 0.797. The maximum absolute atomic E-state index is 11.8. The Bertz CT molecular complexity index is 680. The molecule has 6 nitrogen and oxygen atoms in total. The fourth-order valence-corrected chi connectivity index (χ4v) is 1.67. The minimum absolute atomic E-state index is 0.0633. The largest absolute Gasteiger partial charge is 0.447 e. The van der Waals surface area contributed by atoms with Crippen LogP contribution in [0, 0.1) is 0 Å². The van der Waals surface area contributed by atoms with Gasteiger partial charge in [-0.2, -0.15) is 0 Å². The molecule has 0 saturated carbocycles. The van der Waals surface area contributed by atoms with E-state index in [1.54, 1.807) is 45.0 Å². The molecule has 0 aliphatic heterocycles. The Morgan fingerprint density at radius 1 is 1.30 bits per heavy atom. The highest BCUT2D eigenvalue weighted by Gasteiger charge is 2.22. The highest BCUT2D eigenvalue weighted by atomic mass is 79.9. The van der Waals surface area contributed by atoms with E-state index in [0.717, 1.165) is 4.47 Å². The van der Waals surface area contributed by atoms with Gasteiger partial charge in [0.2, 0.25) is 5.89 Å². The number of carbonyl (C=O) groups excluding carboxylic acids is 1. The summed E-state index contributed by atoms with van der Waals surface area (Å²) in [5.41, 5.74) is -0.125. The van der Waals surface area contributed by atoms with E-state index >= 15 is 0 Å². The predicted octanol–water partition coefficient (Wildman–Crippen LogP) is 3.05. The molecular weight excluding hydrogens is 328 g/mol. The van der Waals surface area contributed by atoms with Gasteiger partial charge in [-0.25, -0.2) is 9.59 Å². The van der Waals surface area contributed by atoms with Crippen LogP contribution < -0.4 is 5.76 Å². The Hall–Kier alpha value is -1.89. The number of ether oxygens (including phenoxy) is 1. The molecule has 0 aliphatic carbocycles. The van der Waals surface area contributed by atoms with E-state index in [9.17, 15) is 9.59 Å². The molecule has 0 N–H and O–H groups in total. The van der Waals surface area contributed by atoms with Gasteiger partial charge in [0.05, 0.1) is 0 Å². The van der Waals surface area contributed by atoms with E-state index < -0.39 is 17.5 Å². The van der Waals surface area contributed by atoms with Gasteiger partial charge in [-0.05, 0) is 45.0 Å². The molecule has 0 radical (unpaired) electrons. The molecule has 0 unspecified atom stereocenters. The van der Waals surface area contributed by atoms with E-state index in [1.807, 2.05) is 0 Å². The first kappa shape index (κ1) is 14.5. The normalized spacial score (nSPS) is 11.4. The minimum Gasteiger partial charge on any atom is -0.442 e. The van der Waals surface area contributed by atoms with Crippen molar-refractivity contribution in [3.05, 3.63) is 39.3 Å². The number of benzene rings is 1. The van der Waals surface area contributed by atoms with Crippen LogP contribution >= 0.6 is 15.9 Å². The first-order valence-corrected chi connectivity index (χ1v) is 6.65. The van der Waals surface area contributed by atoms with E-state index in [-0.39, 0.29) is 5.89 Å². The van der Waals surface area contributed by atoms with E-state index in [2.05, 4.69) is 21.0 Å². The second kappa shape index (κ2) is 5.24. The van der Waals surface area contributed by atoms with Crippen molar-refractivity contribution in [1.82, 2.24) is 9.78 Å². The monoisotopic (exact) mass is 340 g/mol. The number of rotatable bonds is 1. The van der Waals surface area contributed by atoms with Gasteiger partial charge < -0.3 is 9.15 Å². The number of carbonyl (C=O) groups is 1. The van der Waals surface area contributed by atoms with Crippen LogP contribution in [0.4, 0.5) is 4.79 Å². The third-order valence-corrected chi connectivity index (χ3v) is 2.73. The van der Waals surface area contributed by atoms with Gasteiger partial charge in [0.25, 0.3) is 0 Å². The second-order valence-electron chi connectivity index (χ2n) is 5.07. The first-order valence-electron chi connectivity index (χ1n) is 5.86. The van der Waals surface area contributed by atoms with Crippen molar-refractivity contribution in [3.63, 3.8) is 0 Å². The van der Waals surface area contributed by atoms with Crippen molar-refractivity contribution in [2.45, 2.75) is 26.4 Å². The Labute approximate surface area is 123 Å². The molecule has 20 heavy (non-hydrogen) atoms. The van der Waals surface area contributed by atoms with Crippen molar-refractivity contribution in [1.29, 1.82) is 0 Å². The average Bonchev–Trinajstić information content (AvgIpc) is 2.70. The van der Waals surface area contributed by atoms with Crippen LogP contribution in [-0.4, -0.2) is 21.5 Å². The van der Waals surface area contributed by atoms with Gasteiger partial charge in [-0.3, -0.25) is 0 Å². The summed E-state index contributed by atoms with van der Waals surface area (Å²) in [7, 11) is 0. The van der Waals surface area contributed by atoms with Crippen LogP contribution in [0.1, 0.15) is 20.8 Å². The van der Waals surface area contributed by atoms with Gasteiger partial charge >= 0.3 is 11.8 Å². The molecule has 106 valence electrons. The maximum atomic E-state index is 11.8. The Kier molecular flexibility index (Phi) is 3.80. The number of hydrogen-bond donors (Lipinski definition) is 0. The van der Waals surface area contributed by atoms with Gasteiger partial charge in [-0.1, -0.05) is 20.6 Å². The van der Waals surface area contributed by atoms with Gasteiger partial charge in [0.1, 0.15) is 5.60 Å². The molecular formula is C13H13BrN2O4. The Morgan fingerprint density at radius 2 is 1.90 bits per heavy atom. The molecule has 0 atom stereocenters. The van der Waals surface area contributed by atoms with Crippen LogP contribution in [0.3, 0.4) is 0 Å². The average molecular weight is 341 g/mol. The van der Waals surface area contributed by atoms with Crippen LogP contribution in [0.2, 0.25) is 0 Å². The molecule has 0 aliphatic rings. The topological polar surface area (TPSA) is 74.3 Å². The third-order valence-electron chi connectivity index (χ3n) is 2.21. The Balaban J connectivity index is 2.32. The summed E-state index contributed by atoms with van der Waals surface area (Å²) in [4.78, 5) is 23.4.